The van der Waals surface area contributed by atoms with Crippen molar-refractivity contribution in [2.24, 2.45) is 5.92 Å². The molecule has 1 N–H and O–H groups in total. The number of imidazole rings is 1. The maximum Gasteiger partial charge on any atom is 0.268 e. The summed E-state index contributed by atoms with van der Waals surface area (Å²) in [6, 6.07) is 18.2. The molecule has 1 aliphatic rings. The number of benzene rings is 2. The summed E-state index contributed by atoms with van der Waals surface area (Å²) in [5.41, 5.74) is 5.91. The second kappa shape index (κ2) is 13.5. The van der Waals surface area contributed by atoms with Crippen molar-refractivity contribution >= 4 is 22.7 Å². The van der Waals surface area contributed by atoms with Gasteiger partial charge in [-0.3, -0.25) is 9.36 Å². The van der Waals surface area contributed by atoms with E-state index in [1.807, 2.05) is 57.8 Å². The molecule has 4 heterocycles. The molecule has 230 valence electrons. The number of likely N-dealkylation sites (tertiary alicyclic amines) is 1. The summed E-state index contributed by atoms with van der Waals surface area (Å²) in [4.78, 5) is 32.3. The SMILES string of the molecule is Cc1ccc(C#Cc2cc3cnc(Nc4ccc(CC5CCN(C)C5)cc4)nc3n(Cc3cncn3CCN(C)C)c2=O)cc1. The van der Waals surface area contributed by atoms with Gasteiger partial charge in [0.2, 0.25) is 5.95 Å². The highest BCUT2D eigenvalue weighted by atomic mass is 16.1. The summed E-state index contributed by atoms with van der Waals surface area (Å²) in [7, 11) is 6.27. The maximum absolute atomic E-state index is 14.0. The minimum Gasteiger partial charge on any atom is -0.332 e. The molecular formula is C36H40N8O. The Hall–Kier alpha value is -4.78. The van der Waals surface area contributed by atoms with Crippen molar-refractivity contribution in [3.63, 3.8) is 0 Å². The lowest BCUT2D eigenvalue weighted by atomic mass is 9.98. The van der Waals surface area contributed by atoms with Gasteiger partial charge in [0.05, 0.1) is 24.1 Å². The van der Waals surface area contributed by atoms with E-state index in [4.69, 9.17) is 4.98 Å². The minimum atomic E-state index is -0.200. The van der Waals surface area contributed by atoms with E-state index in [9.17, 15) is 4.79 Å². The number of fused-ring (bicyclic) bond motifs is 1. The number of anilines is 2. The van der Waals surface area contributed by atoms with Gasteiger partial charge in [0.1, 0.15) is 5.65 Å². The Kier molecular flexibility index (Phi) is 9.06. The third kappa shape index (κ3) is 7.48. The predicted octanol–water partition coefficient (Wildman–Crippen LogP) is 4.54. The Morgan fingerprint density at radius 3 is 2.58 bits per heavy atom. The number of hydrogen-bond donors (Lipinski definition) is 1. The Balaban J connectivity index is 1.32. The topological polar surface area (TPSA) is 84.1 Å². The molecule has 0 spiro atoms. The van der Waals surface area contributed by atoms with Crippen molar-refractivity contribution in [3.05, 3.63) is 112 Å². The van der Waals surface area contributed by atoms with Crippen LogP contribution in [0.3, 0.4) is 0 Å². The van der Waals surface area contributed by atoms with Gasteiger partial charge in [-0.25, -0.2) is 9.97 Å². The van der Waals surface area contributed by atoms with Crippen molar-refractivity contribution in [2.45, 2.75) is 32.9 Å². The van der Waals surface area contributed by atoms with Crippen LogP contribution >= 0.6 is 0 Å². The normalized spacial score (nSPS) is 15.0. The first-order chi connectivity index (χ1) is 21.8. The van der Waals surface area contributed by atoms with Crippen molar-refractivity contribution in [1.29, 1.82) is 0 Å². The number of pyridine rings is 1. The fourth-order valence-electron chi connectivity index (χ4n) is 5.76. The van der Waals surface area contributed by atoms with Gasteiger partial charge in [0.25, 0.3) is 5.56 Å². The smallest absolute Gasteiger partial charge is 0.268 e. The predicted molar refractivity (Wildman–Crippen MR) is 180 cm³/mol. The Morgan fingerprint density at radius 1 is 1.04 bits per heavy atom. The molecule has 1 atom stereocenters. The van der Waals surface area contributed by atoms with Crippen LogP contribution < -0.4 is 10.9 Å². The number of rotatable bonds is 9. The van der Waals surface area contributed by atoms with E-state index in [1.54, 1.807) is 16.8 Å². The molecule has 0 aliphatic carbocycles. The van der Waals surface area contributed by atoms with Crippen LogP contribution in [0, 0.1) is 24.7 Å². The van der Waals surface area contributed by atoms with Crippen LogP contribution in [-0.4, -0.2) is 74.7 Å². The van der Waals surface area contributed by atoms with Crippen molar-refractivity contribution < 1.29 is 0 Å². The summed E-state index contributed by atoms with van der Waals surface area (Å²) in [6.07, 6.45) is 7.71. The van der Waals surface area contributed by atoms with Gasteiger partial charge in [0.15, 0.2) is 0 Å². The molecule has 0 radical (unpaired) electrons. The first-order valence-electron chi connectivity index (χ1n) is 15.5. The number of aromatic nitrogens is 5. The first kappa shape index (κ1) is 30.3. The molecular weight excluding hydrogens is 560 g/mol. The van der Waals surface area contributed by atoms with Gasteiger partial charge in [-0.1, -0.05) is 41.7 Å². The summed E-state index contributed by atoms with van der Waals surface area (Å²) in [5, 5.41) is 4.08. The van der Waals surface area contributed by atoms with Gasteiger partial charge in [-0.05, 0) is 89.3 Å². The summed E-state index contributed by atoms with van der Waals surface area (Å²) < 4.78 is 3.76. The highest BCUT2D eigenvalue weighted by Crippen LogP contribution is 2.22. The Bertz CT molecular complexity index is 1890. The van der Waals surface area contributed by atoms with Crippen molar-refractivity contribution in [3.8, 4) is 11.8 Å². The van der Waals surface area contributed by atoms with Crippen LogP contribution in [0.15, 0.2) is 78.1 Å². The van der Waals surface area contributed by atoms with Crippen molar-refractivity contribution in [1.82, 2.24) is 33.9 Å². The van der Waals surface area contributed by atoms with Gasteiger partial charge in [0, 0.05) is 48.7 Å². The summed E-state index contributed by atoms with van der Waals surface area (Å²) >= 11 is 0. The summed E-state index contributed by atoms with van der Waals surface area (Å²) in [6.45, 7) is 6.29. The zero-order chi connectivity index (χ0) is 31.3. The van der Waals surface area contributed by atoms with Gasteiger partial charge in [-0.15, -0.1) is 0 Å². The lowest BCUT2D eigenvalue weighted by Crippen LogP contribution is -2.26. The van der Waals surface area contributed by atoms with Crippen molar-refractivity contribution in [2.75, 3.05) is 46.1 Å². The molecule has 9 nitrogen and oxygen atoms in total. The van der Waals surface area contributed by atoms with Gasteiger partial charge in [-0.2, -0.15) is 4.98 Å². The van der Waals surface area contributed by atoms with Crippen LogP contribution in [0.4, 0.5) is 11.6 Å². The molecule has 1 aliphatic heterocycles. The first-order valence-corrected chi connectivity index (χ1v) is 15.5. The molecule has 2 aromatic carbocycles. The molecule has 5 aromatic rings. The quantitative estimate of drug-likeness (QED) is 0.249. The minimum absolute atomic E-state index is 0.200. The van der Waals surface area contributed by atoms with Crippen LogP contribution in [0.5, 0.6) is 0 Å². The van der Waals surface area contributed by atoms with E-state index in [0.29, 0.717) is 29.6 Å². The van der Waals surface area contributed by atoms with Crippen LogP contribution in [0.1, 0.15) is 34.4 Å². The third-order valence-electron chi connectivity index (χ3n) is 8.35. The molecule has 6 rings (SSSR count). The number of likely N-dealkylation sites (N-methyl/N-ethyl adjacent to an activating group) is 1. The Morgan fingerprint density at radius 2 is 1.84 bits per heavy atom. The molecule has 0 bridgehead atoms. The molecule has 1 saturated heterocycles. The zero-order valence-corrected chi connectivity index (χ0v) is 26.5. The average molecular weight is 601 g/mol. The van der Waals surface area contributed by atoms with Gasteiger partial charge >= 0.3 is 0 Å². The van der Waals surface area contributed by atoms with E-state index >= 15 is 0 Å². The number of nitrogens with zero attached hydrogens (tertiary/aromatic N) is 7. The number of hydrogen-bond acceptors (Lipinski definition) is 7. The monoisotopic (exact) mass is 600 g/mol. The van der Waals surface area contributed by atoms with E-state index < -0.39 is 0 Å². The van der Waals surface area contributed by atoms with E-state index in [0.717, 1.165) is 53.9 Å². The lowest BCUT2D eigenvalue weighted by molar-refractivity contribution is 0.380. The molecule has 0 saturated carbocycles. The van der Waals surface area contributed by atoms with Crippen LogP contribution in [0.25, 0.3) is 11.0 Å². The lowest BCUT2D eigenvalue weighted by Gasteiger charge is -2.15. The highest BCUT2D eigenvalue weighted by molar-refractivity contribution is 5.77. The number of nitrogens with one attached hydrogen (secondary N) is 1. The second-order valence-electron chi connectivity index (χ2n) is 12.4. The molecule has 1 unspecified atom stereocenters. The van der Waals surface area contributed by atoms with E-state index in [1.165, 1.54) is 18.5 Å². The standard InChI is InChI=1S/C36H40N8O/c1-26-5-7-27(8-6-26)9-12-30-20-31-21-38-36(39-32-13-10-28(11-14-32)19-29-15-16-42(4)23-29)40-34(31)44(35(30)45)24-33-22-37-25-43(33)18-17-41(2)3/h5-8,10-11,13-14,20-22,25,29H,15-19,23-24H2,1-4H3,(H,38,39,40). The molecule has 9 heteroatoms. The summed E-state index contributed by atoms with van der Waals surface area (Å²) in [5.74, 6) is 7.41. The van der Waals surface area contributed by atoms with E-state index in [-0.39, 0.29) is 5.56 Å². The van der Waals surface area contributed by atoms with Crippen LogP contribution in [0.2, 0.25) is 0 Å². The third-order valence-corrected chi connectivity index (χ3v) is 8.35. The molecule has 3 aromatic heterocycles. The van der Waals surface area contributed by atoms with Crippen LogP contribution in [-0.2, 0) is 19.5 Å². The Labute approximate surface area is 264 Å². The maximum atomic E-state index is 14.0. The zero-order valence-electron chi connectivity index (χ0n) is 26.5. The highest BCUT2D eigenvalue weighted by Gasteiger charge is 2.19. The van der Waals surface area contributed by atoms with Gasteiger partial charge < -0.3 is 19.7 Å². The fraction of sp³-hybridized carbons (Fsp3) is 0.333. The molecule has 0 amide bonds. The number of aryl methyl sites for hydroxylation is 1. The molecule has 45 heavy (non-hydrogen) atoms. The van der Waals surface area contributed by atoms with E-state index in [2.05, 4.69) is 72.8 Å². The average Bonchev–Trinajstić information content (AvgIpc) is 3.66. The largest absolute Gasteiger partial charge is 0.332 e. The molecule has 1 fully saturated rings. The second-order valence-corrected chi connectivity index (χ2v) is 12.4. The fourth-order valence-corrected chi connectivity index (χ4v) is 5.76.